The molecule has 1 aromatic carbocycles. The fraction of sp³-hybridized carbons (Fsp3) is 0.273. The molecule has 0 bridgehead atoms. The van der Waals surface area contributed by atoms with Gasteiger partial charge in [-0.05, 0) is 12.1 Å². The molecule has 0 radical (unpaired) electrons. The first-order chi connectivity index (χ1) is 7.97. The lowest BCUT2D eigenvalue weighted by atomic mass is 10.0. The van der Waals surface area contributed by atoms with Gasteiger partial charge in [0.15, 0.2) is 0 Å². The Labute approximate surface area is 96.4 Å². The molecule has 0 aliphatic heterocycles. The Morgan fingerprint density at radius 3 is 2.59 bits per heavy atom. The van der Waals surface area contributed by atoms with E-state index in [4.69, 9.17) is 10.4 Å². The van der Waals surface area contributed by atoms with Gasteiger partial charge in [-0.1, -0.05) is 6.07 Å². The molecule has 0 aromatic heterocycles. The van der Waals surface area contributed by atoms with Crippen LogP contribution in [0.15, 0.2) is 18.2 Å². The Balaban J connectivity index is 3.00. The molecular formula is C11H10FNO4. The van der Waals surface area contributed by atoms with Gasteiger partial charge in [-0.15, -0.1) is 0 Å². The van der Waals surface area contributed by atoms with Gasteiger partial charge in [0.25, 0.3) is 0 Å². The molecule has 3 N–H and O–H groups in total. The largest absolute Gasteiger partial charge is 0.478 e. The van der Waals surface area contributed by atoms with Crippen molar-refractivity contribution in [1.82, 2.24) is 0 Å². The minimum absolute atomic E-state index is 0.238. The highest BCUT2D eigenvalue weighted by atomic mass is 19.1. The second-order valence-electron chi connectivity index (χ2n) is 3.42. The summed E-state index contributed by atoms with van der Waals surface area (Å²) < 4.78 is 13.4. The molecule has 0 spiro atoms. The number of carboxylic acid groups (broad SMARTS) is 1. The number of aliphatic hydroxyl groups is 2. The third-order valence-electron chi connectivity index (χ3n) is 2.23. The van der Waals surface area contributed by atoms with Crippen molar-refractivity contribution < 1.29 is 24.5 Å². The van der Waals surface area contributed by atoms with Gasteiger partial charge in [0.05, 0.1) is 24.2 Å². The van der Waals surface area contributed by atoms with Crippen molar-refractivity contribution in [2.45, 2.75) is 18.6 Å². The Morgan fingerprint density at radius 2 is 2.12 bits per heavy atom. The lowest BCUT2D eigenvalue weighted by Gasteiger charge is -2.16. The molecule has 0 aliphatic rings. The molecule has 0 aliphatic carbocycles. The van der Waals surface area contributed by atoms with Gasteiger partial charge in [-0.25, -0.2) is 9.18 Å². The van der Waals surface area contributed by atoms with E-state index < -0.39 is 24.0 Å². The van der Waals surface area contributed by atoms with Crippen molar-refractivity contribution >= 4 is 5.97 Å². The maximum atomic E-state index is 13.4. The van der Waals surface area contributed by atoms with Gasteiger partial charge >= 0.3 is 5.97 Å². The summed E-state index contributed by atoms with van der Waals surface area (Å²) >= 11 is 0. The summed E-state index contributed by atoms with van der Waals surface area (Å²) in [6.45, 7) is 0. The molecule has 6 heteroatoms. The smallest absolute Gasteiger partial charge is 0.335 e. The number of aliphatic hydroxyl groups excluding tert-OH is 2. The van der Waals surface area contributed by atoms with Crippen molar-refractivity contribution in [1.29, 1.82) is 5.26 Å². The molecule has 1 rings (SSSR count). The van der Waals surface area contributed by atoms with E-state index in [-0.39, 0.29) is 17.5 Å². The van der Waals surface area contributed by atoms with E-state index in [0.29, 0.717) is 0 Å². The highest BCUT2D eigenvalue weighted by Gasteiger charge is 2.22. The fourth-order valence-corrected chi connectivity index (χ4v) is 1.31. The lowest BCUT2D eigenvalue weighted by Crippen LogP contribution is -2.18. The summed E-state index contributed by atoms with van der Waals surface area (Å²) in [7, 11) is 0. The topological polar surface area (TPSA) is 102 Å². The van der Waals surface area contributed by atoms with E-state index in [9.17, 15) is 19.4 Å². The second-order valence-corrected chi connectivity index (χ2v) is 3.42. The highest BCUT2D eigenvalue weighted by Crippen LogP contribution is 2.22. The average Bonchev–Trinajstić information content (AvgIpc) is 2.28. The van der Waals surface area contributed by atoms with Crippen molar-refractivity contribution in [3.05, 3.63) is 35.1 Å². The van der Waals surface area contributed by atoms with Crippen molar-refractivity contribution in [3.8, 4) is 6.07 Å². The summed E-state index contributed by atoms with van der Waals surface area (Å²) in [5.41, 5.74) is -0.494. The number of nitrogens with zero attached hydrogens (tertiary/aromatic N) is 1. The number of benzene rings is 1. The normalized spacial score (nSPS) is 13.8. The number of hydrogen-bond donors (Lipinski definition) is 3. The van der Waals surface area contributed by atoms with Crippen LogP contribution in [0, 0.1) is 17.1 Å². The van der Waals surface area contributed by atoms with Crippen molar-refractivity contribution in [2.75, 3.05) is 0 Å². The Kier molecular flexibility index (Phi) is 4.15. The molecule has 5 nitrogen and oxygen atoms in total. The maximum Gasteiger partial charge on any atom is 0.335 e. The maximum absolute atomic E-state index is 13.4. The number of halogens is 1. The third-order valence-corrected chi connectivity index (χ3v) is 2.23. The summed E-state index contributed by atoms with van der Waals surface area (Å²) in [6, 6.07) is 4.58. The summed E-state index contributed by atoms with van der Waals surface area (Å²) in [5.74, 6) is -2.23. The van der Waals surface area contributed by atoms with Gasteiger partial charge in [-0.3, -0.25) is 0 Å². The number of aromatic carboxylic acids is 1. The standard InChI is InChI=1S/C11H10FNO4/c12-8-5-6(11(16)17)1-2-7(8)10(15)9(14)3-4-13/h1-2,5,9-10,14-15H,3H2,(H,16,17). The molecule has 0 fully saturated rings. The zero-order chi connectivity index (χ0) is 13.0. The summed E-state index contributed by atoms with van der Waals surface area (Å²) in [5, 5.41) is 35.8. The monoisotopic (exact) mass is 239 g/mol. The highest BCUT2D eigenvalue weighted by molar-refractivity contribution is 5.87. The van der Waals surface area contributed by atoms with Crippen LogP contribution in [0.3, 0.4) is 0 Å². The predicted octanol–water partition coefficient (Wildman–Crippen LogP) is 0.832. The quantitative estimate of drug-likeness (QED) is 0.722. The number of rotatable bonds is 4. The SMILES string of the molecule is N#CCC(O)C(O)c1ccc(C(=O)O)cc1F. The van der Waals surface area contributed by atoms with Crippen LogP contribution < -0.4 is 0 Å². The second kappa shape index (κ2) is 5.39. The van der Waals surface area contributed by atoms with Gasteiger partial charge in [0.2, 0.25) is 0 Å². The Hall–Kier alpha value is -1.97. The van der Waals surface area contributed by atoms with Crippen molar-refractivity contribution in [2.24, 2.45) is 0 Å². The van der Waals surface area contributed by atoms with E-state index in [1.807, 2.05) is 0 Å². The number of hydrogen-bond acceptors (Lipinski definition) is 4. The van der Waals surface area contributed by atoms with Crippen LogP contribution in [0.25, 0.3) is 0 Å². The van der Waals surface area contributed by atoms with Crippen LogP contribution in [0.2, 0.25) is 0 Å². The van der Waals surface area contributed by atoms with Crippen molar-refractivity contribution in [3.63, 3.8) is 0 Å². The summed E-state index contributed by atoms with van der Waals surface area (Å²) in [4.78, 5) is 10.5. The molecule has 0 saturated carbocycles. The van der Waals surface area contributed by atoms with Crippen LogP contribution in [-0.2, 0) is 0 Å². The molecule has 2 atom stereocenters. The molecule has 17 heavy (non-hydrogen) atoms. The molecule has 2 unspecified atom stereocenters. The predicted molar refractivity (Wildman–Crippen MR) is 54.6 cm³/mol. The van der Waals surface area contributed by atoms with E-state index in [1.165, 1.54) is 0 Å². The van der Waals surface area contributed by atoms with Crippen LogP contribution in [0.5, 0.6) is 0 Å². The van der Waals surface area contributed by atoms with Crippen LogP contribution >= 0.6 is 0 Å². The third kappa shape index (κ3) is 3.00. The van der Waals surface area contributed by atoms with Crippen LogP contribution in [-0.4, -0.2) is 27.4 Å². The summed E-state index contributed by atoms with van der Waals surface area (Å²) in [6.07, 6.45) is -3.32. The van der Waals surface area contributed by atoms with Gasteiger partial charge < -0.3 is 15.3 Å². The van der Waals surface area contributed by atoms with Crippen LogP contribution in [0.4, 0.5) is 4.39 Å². The molecule has 0 saturated heterocycles. The molecule has 0 heterocycles. The van der Waals surface area contributed by atoms with E-state index in [1.54, 1.807) is 6.07 Å². The molecule has 1 aromatic rings. The first kappa shape index (κ1) is 13.1. The first-order valence-electron chi connectivity index (χ1n) is 4.73. The van der Waals surface area contributed by atoms with Crippen LogP contribution in [0.1, 0.15) is 28.4 Å². The average molecular weight is 239 g/mol. The lowest BCUT2D eigenvalue weighted by molar-refractivity contribution is 0.0195. The van der Waals surface area contributed by atoms with E-state index in [2.05, 4.69) is 0 Å². The molecule has 0 amide bonds. The van der Waals surface area contributed by atoms with Gasteiger partial charge in [-0.2, -0.15) is 5.26 Å². The van der Waals surface area contributed by atoms with E-state index >= 15 is 0 Å². The zero-order valence-corrected chi connectivity index (χ0v) is 8.67. The van der Waals surface area contributed by atoms with Gasteiger partial charge in [0, 0.05) is 5.56 Å². The Morgan fingerprint density at radius 1 is 1.47 bits per heavy atom. The minimum atomic E-state index is -1.56. The Bertz CT molecular complexity index is 469. The molecular weight excluding hydrogens is 229 g/mol. The molecule has 90 valence electrons. The number of carbonyl (C=O) groups is 1. The first-order valence-corrected chi connectivity index (χ1v) is 4.73. The fourth-order valence-electron chi connectivity index (χ4n) is 1.31. The van der Waals surface area contributed by atoms with E-state index in [0.717, 1.165) is 18.2 Å². The van der Waals surface area contributed by atoms with Gasteiger partial charge in [0.1, 0.15) is 11.9 Å². The zero-order valence-electron chi connectivity index (χ0n) is 8.67. The minimum Gasteiger partial charge on any atom is -0.478 e. The number of carboxylic acids is 1. The number of nitriles is 1.